The van der Waals surface area contributed by atoms with Gasteiger partial charge in [0, 0.05) is 17.0 Å². The Balaban J connectivity index is 2.37. The van der Waals surface area contributed by atoms with E-state index in [1.807, 2.05) is 6.07 Å². The SMILES string of the molecule is COC(=O)C1CC(O[Si](C)(C)C(C)(C)C)c2cc(Cl)ccc2O1. The van der Waals surface area contributed by atoms with Gasteiger partial charge in [-0.05, 0) is 36.3 Å². The van der Waals surface area contributed by atoms with E-state index >= 15 is 0 Å². The van der Waals surface area contributed by atoms with Crippen LogP contribution >= 0.6 is 11.6 Å². The minimum Gasteiger partial charge on any atom is -0.478 e. The molecule has 0 saturated carbocycles. The van der Waals surface area contributed by atoms with Crippen molar-refractivity contribution in [3.63, 3.8) is 0 Å². The number of fused-ring (bicyclic) bond motifs is 1. The summed E-state index contributed by atoms with van der Waals surface area (Å²) in [6, 6.07) is 5.40. The molecule has 0 fully saturated rings. The number of halogens is 1. The van der Waals surface area contributed by atoms with Gasteiger partial charge in [0.05, 0.1) is 13.2 Å². The van der Waals surface area contributed by atoms with Gasteiger partial charge >= 0.3 is 5.97 Å². The molecule has 23 heavy (non-hydrogen) atoms. The first kappa shape index (κ1) is 18.3. The molecule has 0 aliphatic carbocycles. The van der Waals surface area contributed by atoms with E-state index in [1.165, 1.54) is 7.11 Å². The number of ether oxygens (including phenoxy) is 2. The average Bonchev–Trinajstić information content (AvgIpc) is 2.45. The number of esters is 1. The van der Waals surface area contributed by atoms with Gasteiger partial charge in [0.25, 0.3) is 0 Å². The molecule has 0 amide bonds. The van der Waals surface area contributed by atoms with Gasteiger partial charge in [0.15, 0.2) is 14.4 Å². The molecule has 1 aromatic rings. The maximum Gasteiger partial charge on any atom is 0.347 e. The fourth-order valence-corrected chi connectivity index (χ4v) is 3.79. The standard InChI is InChI=1S/C17H25ClO4Si/c1-17(2,3)23(5,6)22-14-10-15(16(19)20-4)21-13-8-7-11(18)9-12(13)14/h7-9,14-15H,10H2,1-6H3. The molecule has 2 rings (SSSR count). The largest absolute Gasteiger partial charge is 0.478 e. The molecule has 1 aliphatic rings. The molecule has 1 heterocycles. The van der Waals surface area contributed by atoms with E-state index in [2.05, 4.69) is 33.9 Å². The number of benzene rings is 1. The van der Waals surface area contributed by atoms with Crippen molar-refractivity contribution in [3.05, 3.63) is 28.8 Å². The van der Waals surface area contributed by atoms with Crippen LogP contribution in [-0.2, 0) is 14.0 Å². The molecular weight excluding hydrogens is 332 g/mol. The van der Waals surface area contributed by atoms with E-state index in [4.69, 9.17) is 25.5 Å². The summed E-state index contributed by atoms with van der Waals surface area (Å²) in [5.41, 5.74) is 0.905. The van der Waals surface area contributed by atoms with E-state index in [9.17, 15) is 4.79 Å². The average molecular weight is 357 g/mol. The van der Waals surface area contributed by atoms with Gasteiger partial charge in [-0.3, -0.25) is 0 Å². The zero-order valence-electron chi connectivity index (χ0n) is 14.6. The van der Waals surface area contributed by atoms with Gasteiger partial charge in [0.1, 0.15) is 5.75 Å². The van der Waals surface area contributed by atoms with Crippen LogP contribution in [0.3, 0.4) is 0 Å². The number of carbonyl (C=O) groups excluding carboxylic acids is 1. The lowest BCUT2D eigenvalue weighted by molar-refractivity contribution is -0.151. The van der Waals surface area contributed by atoms with Crippen molar-refractivity contribution in [1.82, 2.24) is 0 Å². The second-order valence-corrected chi connectivity index (χ2v) is 12.6. The maximum atomic E-state index is 11.9. The van der Waals surface area contributed by atoms with Crippen molar-refractivity contribution in [2.75, 3.05) is 7.11 Å². The van der Waals surface area contributed by atoms with Crippen molar-refractivity contribution in [2.45, 2.75) is 57.5 Å². The Kier molecular flexibility index (Phi) is 5.14. The van der Waals surface area contributed by atoms with Crippen LogP contribution in [0.15, 0.2) is 18.2 Å². The molecule has 2 unspecified atom stereocenters. The van der Waals surface area contributed by atoms with Gasteiger partial charge in [-0.1, -0.05) is 32.4 Å². The molecule has 0 bridgehead atoms. The molecule has 0 N–H and O–H groups in total. The fourth-order valence-electron chi connectivity index (χ4n) is 2.32. The van der Waals surface area contributed by atoms with Gasteiger partial charge in [-0.25, -0.2) is 4.79 Å². The molecule has 1 aliphatic heterocycles. The highest BCUT2D eigenvalue weighted by atomic mass is 35.5. The zero-order valence-corrected chi connectivity index (χ0v) is 16.4. The van der Waals surface area contributed by atoms with Crippen LogP contribution in [0.2, 0.25) is 23.2 Å². The third-order valence-electron chi connectivity index (χ3n) is 4.72. The Morgan fingerprint density at radius 1 is 1.35 bits per heavy atom. The van der Waals surface area contributed by atoms with Gasteiger partial charge in [0.2, 0.25) is 0 Å². The zero-order chi connectivity index (χ0) is 17.4. The molecule has 0 radical (unpaired) electrons. The predicted octanol–water partition coefficient (Wildman–Crippen LogP) is 4.73. The summed E-state index contributed by atoms with van der Waals surface area (Å²) in [6.45, 7) is 11.0. The summed E-state index contributed by atoms with van der Waals surface area (Å²) < 4.78 is 17.2. The quantitative estimate of drug-likeness (QED) is 0.580. The van der Waals surface area contributed by atoms with E-state index in [-0.39, 0.29) is 17.1 Å². The molecule has 128 valence electrons. The van der Waals surface area contributed by atoms with Gasteiger partial charge < -0.3 is 13.9 Å². The summed E-state index contributed by atoms with van der Waals surface area (Å²) >= 11 is 6.14. The number of rotatable bonds is 3. The first-order valence-corrected chi connectivity index (χ1v) is 11.1. The van der Waals surface area contributed by atoms with Crippen molar-refractivity contribution in [2.24, 2.45) is 0 Å². The Morgan fingerprint density at radius 2 is 2.00 bits per heavy atom. The minimum atomic E-state index is -2.00. The summed E-state index contributed by atoms with van der Waals surface area (Å²) in [5.74, 6) is 0.259. The summed E-state index contributed by atoms with van der Waals surface area (Å²) in [5, 5.41) is 0.706. The number of hydrogen-bond donors (Lipinski definition) is 0. The Morgan fingerprint density at radius 3 is 2.57 bits per heavy atom. The Hall–Kier alpha value is -1.04. The monoisotopic (exact) mass is 356 g/mol. The molecule has 6 heteroatoms. The molecule has 4 nitrogen and oxygen atoms in total. The highest BCUT2D eigenvalue weighted by molar-refractivity contribution is 6.74. The number of methoxy groups -OCH3 is 1. The normalized spacial score (nSPS) is 21.3. The number of hydrogen-bond acceptors (Lipinski definition) is 4. The van der Waals surface area contributed by atoms with Crippen molar-refractivity contribution < 1.29 is 18.7 Å². The molecule has 0 spiro atoms. The van der Waals surface area contributed by atoms with Gasteiger partial charge in [-0.2, -0.15) is 0 Å². The molecule has 0 aromatic heterocycles. The molecule has 2 atom stereocenters. The summed E-state index contributed by atoms with van der Waals surface area (Å²) in [6.07, 6.45) is -0.433. The van der Waals surface area contributed by atoms with E-state index < -0.39 is 14.4 Å². The highest BCUT2D eigenvalue weighted by Gasteiger charge is 2.43. The first-order valence-electron chi connectivity index (χ1n) is 7.77. The topological polar surface area (TPSA) is 44.8 Å². The second kappa shape index (κ2) is 6.46. The molecule has 1 aromatic carbocycles. The van der Waals surface area contributed by atoms with Crippen LogP contribution in [0, 0.1) is 0 Å². The van der Waals surface area contributed by atoms with Crippen LogP contribution in [0.25, 0.3) is 0 Å². The third kappa shape index (κ3) is 3.90. The maximum absolute atomic E-state index is 11.9. The van der Waals surface area contributed by atoms with E-state index in [0.717, 1.165) is 5.56 Å². The van der Waals surface area contributed by atoms with Crippen molar-refractivity contribution in [1.29, 1.82) is 0 Å². The van der Waals surface area contributed by atoms with Crippen LogP contribution in [0.1, 0.15) is 38.9 Å². The molecular formula is C17H25ClO4Si. The van der Waals surface area contributed by atoms with Crippen LogP contribution in [-0.4, -0.2) is 27.5 Å². The lowest BCUT2D eigenvalue weighted by Crippen LogP contribution is -2.44. The highest BCUT2D eigenvalue weighted by Crippen LogP contribution is 2.45. The Bertz CT molecular complexity index is 595. The minimum absolute atomic E-state index is 0.0742. The van der Waals surface area contributed by atoms with Crippen molar-refractivity contribution >= 4 is 25.9 Å². The van der Waals surface area contributed by atoms with Crippen molar-refractivity contribution in [3.8, 4) is 5.75 Å². The van der Waals surface area contributed by atoms with Crippen LogP contribution in [0.4, 0.5) is 0 Å². The first-order chi connectivity index (χ1) is 10.5. The van der Waals surface area contributed by atoms with E-state index in [1.54, 1.807) is 12.1 Å². The fraction of sp³-hybridized carbons (Fsp3) is 0.588. The smallest absolute Gasteiger partial charge is 0.347 e. The van der Waals surface area contributed by atoms with Crippen LogP contribution in [0.5, 0.6) is 5.75 Å². The lowest BCUT2D eigenvalue weighted by atomic mass is 9.99. The summed E-state index contributed by atoms with van der Waals surface area (Å²) in [7, 11) is -0.636. The third-order valence-corrected chi connectivity index (χ3v) is 9.44. The predicted molar refractivity (Wildman–Crippen MR) is 93.5 cm³/mol. The summed E-state index contributed by atoms with van der Waals surface area (Å²) in [4.78, 5) is 11.9. The van der Waals surface area contributed by atoms with Gasteiger partial charge in [-0.15, -0.1) is 0 Å². The lowest BCUT2D eigenvalue weighted by Gasteiger charge is -2.41. The Labute approximate surface area is 144 Å². The van der Waals surface area contributed by atoms with Crippen LogP contribution < -0.4 is 4.74 Å². The molecule has 0 saturated heterocycles. The number of carbonyl (C=O) groups is 1. The second-order valence-electron chi connectivity index (χ2n) is 7.41. The van der Waals surface area contributed by atoms with E-state index in [0.29, 0.717) is 17.2 Å².